The number of hydrogen-bond acceptors (Lipinski definition) is 4. The van der Waals surface area contributed by atoms with Gasteiger partial charge in [0.15, 0.2) is 0 Å². The Morgan fingerprint density at radius 1 is 1.24 bits per heavy atom. The molecule has 2 fully saturated rings. The fourth-order valence-corrected chi connectivity index (χ4v) is 4.28. The molecule has 25 heavy (non-hydrogen) atoms. The van der Waals surface area contributed by atoms with Gasteiger partial charge in [0, 0.05) is 58.0 Å². The zero-order chi connectivity index (χ0) is 18.0. The standard InChI is InChI=1S/C18H29N5O2/c1-14(24)23-9-5-7-17(23)16-6-4-8-22(16)13-18(25)20(2)11-15-10-19-21(3)12-15/h10,12,16-17H,4-9,11,13H2,1-3H3/t16-,17+/m1/s1. The summed E-state index contributed by atoms with van der Waals surface area (Å²) < 4.78 is 1.75. The van der Waals surface area contributed by atoms with Crippen molar-refractivity contribution in [3.8, 4) is 0 Å². The van der Waals surface area contributed by atoms with Crippen LogP contribution in [0.15, 0.2) is 12.4 Å². The molecule has 7 heteroatoms. The molecule has 0 bridgehead atoms. The molecule has 2 amide bonds. The van der Waals surface area contributed by atoms with Crippen LogP contribution >= 0.6 is 0 Å². The molecular weight excluding hydrogens is 318 g/mol. The Kier molecular flexibility index (Phi) is 5.42. The highest BCUT2D eigenvalue weighted by atomic mass is 16.2. The highest BCUT2D eigenvalue weighted by molar-refractivity contribution is 5.78. The first-order valence-corrected chi connectivity index (χ1v) is 9.18. The fourth-order valence-electron chi connectivity index (χ4n) is 4.28. The number of rotatable bonds is 5. The lowest BCUT2D eigenvalue weighted by molar-refractivity contribution is -0.133. The molecule has 0 spiro atoms. The van der Waals surface area contributed by atoms with E-state index in [1.807, 2.05) is 25.2 Å². The number of amides is 2. The highest BCUT2D eigenvalue weighted by Gasteiger charge is 2.39. The summed E-state index contributed by atoms with van der Waals surface area (Å²) in [6.45, 7) is 4.47. The number of carbonyl (C=O) groups excluding carboxylic acids is 2. The van der Waals surface area contributed by atoms with Crippen LogP contribution in [0, 0.1) is 0 Å². The lowest BCUT2D eigenvalue weighted by atomic mass is 10.0. The Bertz CT molecular complexity index is 629. The minimum absolute atomic E-state index is 0.128. The van der Waals surface area contributed by atoms with E-state index in [4.69, 9.17) is 0 Å². The quantitative estimate of drug-likeness (QED) is 0.792. The highest BCUT2D eigenvalue weighted by Crippen LogP contribution is 2.30. The van der Waals surface area contributed by atoms with Gasteiger partial charge < -0.3 is 9.80 Å². The van der Waals surface area contributed by atoms with Gasteiger partial charge in [0.05, 0.1) is 12.7 Å². The van der Waals surface area contributed by atoms with Gasteiger partial charge in [-0.25, -0.2) is 0 Å². The van der Waals surface area contributed by atoms with Crippen LogP contribution < -0.4 is 0 Å². The predicted molar refractivity (Wildman–Crippen MR) is 94.7 cm³/mol. The third-order valence-electron chi connectivity index (χ3n) is 5.50. The van der Waals surface area contributed by atoms with Crippen molar-refractivity contribution in [3.63, 3.8) is 0 Å². The van der Waals surface area contributed by atoms with Crippen molar-refractivity contribution in [2.24, 2.45) is 7.05 Å². The topological polar surface area (TPSA) is 61.7 Å². The Labute approximate surface area is 149 Å². The molecule has 3 rings (SSSR count). The van der Waals surface area contributed by atoms with Crippen LogP contribution in [-0.4, -0.2) is 75.1 Å². The van der Waals surface area contributed by atoms with Gasteiger partial charge in [-0.1, -0.05) is 0 Å². The average Bonchev–Trinajstić information content (AvgIpc) is 3.27. The second-order valence-electron chi connectivity index (χ2n) is 7.37. The molecular formula is C18H29N5O2. The largest absolute Gasteiger partial charge is 0.340 e. The van der Waals surface area contributed by atoms with Crippen molar-refractivity contribution >= 4 is 11.8 Å². The molecule has 7 nitrogen and oxygen atoms in total. The number of hydrogen-bond donors (Lipinski definition) is 0. The smallest absolute Gasteiger partial charge is 0.236 e. The zero-order valence-corrected chi connectivity index (χ0v) is 15.5. The van der Waals surface area contributed by atoms with Gasteiger partial charge in [0.1, 0.15) is 0 Å². The summed E-state index contributed by atoms with van der Waals surface area (Å²) in [4.78, 5) is 30.6. The molecule has 138 valence electrons. The minimum Gasteiger partial charge on any atom is -0.340 e. The van der Waals surface area contributed by atoms with Gasteiger partial charge in [-0.15, -0.1) is 0 Å². The molecule has 0 aromatic carbocycles. The van der Waals surface area contributed by atoms with E-state index in [1.165, 1.54) is 0 Å². The van der Waals surface area contributed by atoms with Crippen molar-refractivity contribution < 1.29 is 9.59 Å². The van der Waals surface area contributed by atoms with E-state index in [0.717, 1.165) is 44.3 Å². The van der Waals surface area contributed by atoms with E-state index < -0.39 is 0 Å². The molecule has 1 aromatic heterocycles. The Hall–Kier alpha value is -1.89. The normalized spacial score (nSPS) is 24.0. The number of aromatic nitrogens is 2. The summed E-state index contributed by atoms with van der Waals surface area (Å²) in [5.41, 5.74) is 1.04. The summed E-state index contributed by atoms with van der Waals surface area (Å²) >= 11 is 0. The fraction of sp³-hybridized carbons (Fsp3) is 0.722. The predicted octanol–water partition coefficient (Wildman–Crippen LogP) is 0.854. The lowest BCUT2D eigenvalue weighted by Crippen LogP contribution is -2.50. The second kappa shape index (κ2) is 7.56. The van der Waals surface area contributed by atoms with Crippen LogP contribution in [-0.2, 0) is 23.2 Å². The van der Waals surface area contributed by atoms with E-state index in [-0.39, 0.29) is 17.9 Å². The van der Waals surface area contributed by atoms with E-state index in [1.54, 1.807) is 22.7 Å². The molecule has 0 radical (unpaired) electrons. The zero-order valence-electron chi connectivity index (χ0n) is 15.5. The van der Waals surface area contributed by atoms with Crippen LogP contribution in [0.1, 0.15) is 38.2 Å². The Balaban J connectivity index is 1.59. The van der Waals surface area contributed by atoms with Crippen molar-refractivity contribution in [1.82, 2.24) is 24.5 Å². The van der Waals surface area contributed by atoms with Gasteiger partial charge in [0.25, 0.3) is 0 Å². The SMILES string of the molecule is CC(=O)N1CCC[C@H]1[C@H]1CCCN1CC(=O)N(C)Cc1cnn(C)c1. The monoisotopic (exact) mass is 347 g/mol. The third kappa shape index (κ3) is 4.03. The maximum Gasteiger partial charge on any atom is 0.236 e. The van der Waals surface area contributed by atoms with E-state index in [9.17, 15) is 9.59 Å². The van der Waals surface area contributed by atoms with E-state index >= 15 is 0 Å². The summed E-state index contributed by atoms with van der Waals surface area (Å²) in [6.07, 6.45) is 8.04. The van der Waals surface area contributed by atoms with E-state index in [2.05, 4.69) is 10.00 Å². The maximum atomic E-state index is 12.7. The van der Waals surface area contributed by atoms with Crippen LogP contribution in [0.3, 0.4) is 0 Å². The van der Waals surface area contributed by atoms with E-state index in [0.29, 0.717) is 19.1 Å². The van der Waals surface area contributed by atoms with Crippen LogP contribution in [0.2, 0.25) is 0 Å². The molecule has 2 aliphatic heterocycles. The number of aryl methyl sites for hydroxylation is 1. The average molecular weight is 347 g/mol. The van der Waals surface area contributed by atoms with Crippen molar-refractivity contribution in [3.05, 3.63) is 18.0 Å². The number of likely N-dealkylation sites (N-methyl/N-ethyl adjacent to an activating group) is 1. The van der Waals surface area contributed by atoms with Gasteiger partial charge in [-0.2, -0.15) is 5.10 Å². The van der Waals surface area contributed by atoms with Gasteiger partial charge in [0.2, 0.25) is 11.8 Å². The molecule has 2 atom stereocenters. The summed E-state index contributed by atoms with van der Waals surface area (Å²) in [5.74, 6) is 0.289. The Morgan fingerprint density at radius 2 is 1.96 bits per heavy atom. The first-order valence-electron chi connectivity index (χ1n) is 9.18. The molecule has 0 unspecified atom stereocenters. The first-order chi connectivity index (χ1) is 12.0. The maximum absolute atomic E-state index is 12.7. The second-order valence-corrected chi connectivity index (χ2v) is 7.37. The van der Waals surface area contributed by atoms with Crippen LogP contribution in [0.5, 0.6) is 0 Å². The van der Waals surface area contributed by atoms with Crippen LogP contribution in [0.25, 0.3) is 0 Å². The first kappa shape index (κ1) is 17.9. The molecule has 0 aliphatic carbocycles. The van der Waals surface area contributed by atoms with Gasteiger partial charge in [-0.05, 0) is 32.2 Å². The molecule has 2 aliphatic rings. The lowest BCUT2D eigenvalue weighted by Gasteiger charge is -2.35. The molecule has 1 aromatic rings. The number of carbonyl (C=O) groups is 2. The summed E-state index contributed by atoms with van der Waals surface area (Å²) in [7, 11) is 3.72. The Morgan fingerprint density at radius 3 is 2.64 bits per heavy atom. The van der Waals surface area contributed by atoms with Crippen LogP contribution in [0.4, 0.5) is 0 Å². The molecule has 2 saturated heterocycles. The summed E-state index contributed by atoms with van der Waals surface area (Å²) in [5, 5.41) is 4.15. The van der Waals surface area contributed by atoms with Gasteiger partial charge in [-0.3, -0.25) is 19.2 Å². The molecule has 0 N–H and O–H groups in total. The van der Waals surface area contributed by atoms with Crippen molar-refractivity contribution in [2.75, 3.05) is 26.7 Å². The van der Waals surface area contributed by atoms with Crippen molar-refractivity contribution in [1.29, 1.82) is 0 Å². The van der Waals surface area contributed by atoms with Crippen molar-refractivity contribution in [2.45, 2.75) is 51.2 Å². The third-order valence-corrected chi connectivity index (χ3v) is 5.50. The molecule has 3 heterocycles. The minimum atomic E-state index is 0.128. The number of nitrogens with zero attached hydrogens (tertiary/aromatic N) is 5. The number of likely N-dealkylation sites (tertiary alicyclic amines) is 2. The van der Waals surface area contributed by atoms with Gasteiger partial charge >= 0.3 is 0 Å². The summed E-state index contributed by atoms with van der Waals surface area (Å²) in [6, 6.07) is 0.596. The molecule has 0 saturated carbocycles.